The van der Waals surface area contributed by atoms with Gasteiger partial charge >= 0.3 is 0 Å². The summed E-state index contributed by atoms with van der Waals surface area (Å²) >= 11 is 0. The zero-order valence-electron chi connectivity index (χ0n) is 18.1. The molecule has 5 rings (SSSR count). The average molecular weight is 440 g/mol. The third-order valence-electron chi connectivity index (χ3n) is 6.43. The number of hydrogen-bond donors (Lipinski definition) is 2. The van der Waals surface area contributed by atoms with Crippen LogP contribution in [0.15, 0.2) is 72.4 Å². The van der Waals surface area contributed by atoms with Crippen molar-refractivity contribution in [2.45, 2.75) is 38.3 Å². The van der Waals surface area contributed by atoms with Gasteiger partial charge in [-0.2, -0.15) is 0 Å². The highest BCUT2D eigenvalue weighted by Crippen LogP contribution is 2.41. The fraction of sp³-hybridized carbons (Fsp3) is 0.222. The van der Waals surface area contributed by atoms with Crippen molar-refractivity contribution in [3.8, 4) is 5.75 Å². The van der Waals surface area contributed by atoms with Crippen LogP contribution in [0.4, 0.5) is 0 Å². The lowest BCUT2D eigenvalue weighted by Crippen LogP contribution is -2.29. The van der Waals surface area contributed by atoms with E-state index in [1.165, 1.54) is 28.2 Å². The van der Waals surface area contributed by atoms with Gasteiger partial charge in [0.2, 0.25) is 0 Å². The molecule has 1 unspecified atom stereocenters. The number of carbonyl (C=O) groups excluding carboxylic acids is 2. The van der Waals surface area contributed by atoms with Crippen LogP contribution in [0.25, 0.3) is 5.76 Å². The lowest BCUT2D eigenvalue weighted by molar-refractivity contribution is -0.140. The number of phenolic OH excluding ortho intramolecular Hbond substituents is 1. The maximum atomic E-state index is 13.2. The Hall–Kier alpha value is -3.93. The first kappa shape index (κ1) is 20.9. The minimum absolute atomic E-state index is 0.0531. The quantitative estimate of drug-likeness (QED) is 0.359. The summed E-state index contributed by atoms with van der Waals surface area (Å²) in [6, 6.07) is 16.7. The summed E-state index contributed by atoms with van der Waals surface area (Å²) in [6.07, 6.45) is 5.83. The first-order valence-electron chi connectivity index (χ1n) is 11.1. The van der Waals surface area contributed by atoms with Crippen molar-refractivity contribution < 1.29 is 19.8 Å². The highest BCUT2D eigenvalue weighted by Gasteiger charge is 2.46. The predicted octanol–water partition coefficient (Wildman–Crippen LogP) is 4.29. The fourth-order valence-electron chi connectivity index (χ4n) is 4.75. The zero-order valence-corrected chi connectivity index (χ0v) is 18.1. The Morgan fingerprint density at radius 3 is 2.45 bits per heavy atom. The second kappa shape index (κ2) is 8.54. The molecule has 1 atom stereocenters. The smallest absolute Gasteiger partial charge is 0.296 e. The number of nitrogens with zero attached hydrogens (tertiary/aromatic N) is 2. The Kier molecular flexibility index (Phi) is 5.42. The molecule has 0 saturated carbocycles. The minimum Gasteiger partial charge on any atom is -0.508 e. The molecular weight excluding hydrogens is 416 g/mol. The number of benzene rings is 2. The Labute approximate surface area is 191 Å². The van der Waals surface area contributed by atoms with Gasteiger partial charge in [-0.25, -0.2) is 0 Å². The van der Waals surface area contributed by atoms with Crippen LogP contribution in [-0.4, -0.2) is 31.8 Å². The number of aromatic hydroxyl groups is 1. The molecule has 2 aromatic carbocycles. The second-order valence-electron chi connectivity index (χ2n) is 8.53. The van der Waals surface area contributed by atoms with E-state index in [4.69, 9.17) is 0 Å². The summed E-state index contributed by atoms with van der Waals surface area (Å²) in [4.78, 5) is 32.0. The first-order chi connectivity index (χ1) is 16.0. The summed E-state index contributed by atoms with van der Waals surface area (Å²) < 4.78 is 0. The number of likely N-dealkylation sites (tertiary alicyclic amines) is 1. The molecule has 0 spiro atoms. The number of amides is 1. The summed E-state index contributed by atoms with van der Waals surface area (Å²) in [7, 11) is 0. The van der Waals surface area contributed by atoms with E-state index in [0.29, 0.717) is 16.8 Å². The number of aryl methyl sites for hydroxylation is 2. The molecule has 1 aliphatic heterocycles. The molecule has 2 N–H and O–H groups in total. The van der Waals surface area contributed by atoms with E-state index in [1.807, 2.05) is 24.3 Å². The van der Waals surface area contributed by atoms with Crippen LogP contribution in [0.5, 0.6) is 5.75 Å². The zero-order chi connectivity index (χ0) is 22.9. The van der Waals surface area contributed by atoms with Gasteiger partial charge in [-0.1, -0.05) is 30.3 Å². The Morgan fingerprint density at radius 1 is 0.970 bits per heavy atom. The van der Waals surface area contributed by atoms with E-state index in [2.05, 4.69) is 4.98 Å². The SMILES string of the molecule is O=C1C(=O)N(Cc2ccccn2)C(c2ccc(O)cc2)/C1=C(/O)c1ccc2c(c1)CCCC2. The van der Waals surface area contributed by atoms with Gasteiger partial charge in [0.25, 0.3) is 11.7 Å². The van der Waals surface area contributed by atoms with Crippen LogP contribution < -0.4 is 0 Å². The van der Waals surface area contributed by atoms with E-state index in [1.54, 1.807) is 30.5 Å². The van der Waals surface area contributed by atoms with Gasteiger partial charge in [0.15, 0.2) is 0 Å². The van der Waals surface area contributed by atoms with Gasteiger partial charge < -0.3 is 15.1 Å². The normalized spacial score (nSPS) is 19.5. The van der Waals surface area contributed by atoms with Crippen molar-refractivity contribution in [2.75, 3.05) is 0 Å². The number of pyridine rings is 1. The lowest BCUT2D eigenvalue weighted by atomic mass is 9.88. The molecule has 1 amide bonds. The largest absolute Gasteiger partial charge is 0.508 e. The summed E-state index contributed by atoms with van der Waals surface area (Å²) in [5.74, 6) is -1.50. The molecule has 1 aliphatic carbocycles. The van der Waals surface area contributed by atoms with Crippen molar-refractivity contribution in [3.63, 3.8) is 0 Å². The van der Waals surface area contributed by atoms with Crippen molar-refractivity contribution >= 4 is 17.4 Å². The molecule has 1 saturated heterocycles. The standard InChI is InChI=1S/C27H24N2O4/c30-22-12-10-18(11-13-22)24-23(25(31)20-9-8-17-5-1-2-6-19(17)15-20)26(32)27(33)29(24)16-21-7-3-4-14-28-21/h3-4,7-15,24,30-31H,1-2,5-6,16H2/b25-23-. The third kappa shape index (κ3) is 3.89. The number of rotatable bonds is 4. The third-order valence-corrected chi connectivity index (χ3v) is 6.43. The predicted molar refractivity (Wildman–Crippen MR) is 123 cm³/mol. The number of hydrogen-bond acceptors (Lipinski definition) is 5. The van der Waals surface area contributed by atoms with Crippen LogP contribution in [0.1, 0.15) is 46.8 Å². The molecular formula is C27H24N2O4. The number of phenols is 1. The minimum atomic E-state index is -0.788. The maximum absolute atomic E-state index is 13.2. The molecule has 0 radical (unpaired) electrons. The number of fused-ring (bicyclic) bond motifs is 1. The molecule has 6 heteroatoms. The monoisotopic (exact) mass is 440 g/mol. The molecule has 6 nitrogen and oxygen atoms in total. The molecule has 166 valence electrons. The van der Waals surface area contributed by atoms with E-state index >= 15 is 0 Å². The fourth-order valence-corrected chi connectivity index (χ4v) is 4.75. The highest BCUT2D eigenvalue weighted by atomic mass is 16.3. The molecule has 1 fully saturated rings. The first-order valence-corrected chi connectivity index (χ1v) is 11.1. The molecule has 3 aromatic rings. The Balaban J connectivity index is 1.63. The van der Waals surface area contributed by atoms with Crippen molar-refractivity contribution in [1.82, 2.24) is 9.88 Å². The van der Waals surface area contributed by atoms with E-state index in [0.717, 1.165) is 25.7 Å². The van der Waals surface area contributed by atoms with Gasteiger partial charge in [-0.3, -0.25) is 14.6 Å². The lowest BCUT2D eigenvalue weighted by Gasteiger charge is -2.25. The van der Waals surface area contributed by atoms with Gasteiger partial charge in [0.1, 0.15) is 11.5 Å². The van der Waals surface area contributed by atoms with Crippen molar-refractivity contribution in [2.24, 2.45) is 0 Å². The van der Waals surface area contributed by atoms with Gasteiger partial charge in [0.05, 0.1) is 23.9 Å². The summed E-state index contributed by atoms with van der Waals surface area (Å²) in [6.45, 7) is 0.123. The highest BCUT2D eigenvalue weighted by molar-refractivity contribution is 6.46. The molecule has 2 heterocycles. The van der Waals surface area contributed by atoms with Crippen molar-refractivity contribution in [3.05, 3.63) is 100 Å². The second-order valence-corrected chi connectivity index (χ2v) is 8.53. The molecule has 2 aliphatic rings. The molecule has 0 bridgehead atoms. The van der Waals surface area contributed by atoms with Crippen LogP contribution >= 0.6 is 0 Å². The number of aliphatic hydroxyl groups is 1. The van der Waals surface area contributed by atoms with E-state index < -0.39 is 17.7 Å². The number of aromatic nitrogens is 1. The number of ketones is 1. The van der Waals surface area contributed by atoms with E-state index in [9.17, 15) is 19.8 Å². The van der Waals surface area contributed by atoms with Crippen LogP contribution in [0.2, 0.25) is 0 Å². The summed E-state index contributed by atoms with van der Waals surface area (Å²) in [5.41, 5.74) is 4.30. The Bertz CT molecular complexity index is 1250. The topological polar surface area (TPSA) is 90.7 Å². The van der Waals surface area contributed by atoms with Gasteiger partial charge in [-0.05, 0) is 72.7 Å². The van der Waals surface area contributed by atoms with Gasteiger partial charge in [0, 0.05) is 11.8 Å². The van der Waals surface area contributed by atoms with Crippen LogP contribution in [-0.2, 0) is 29.0 Å². The van der Waals surface area contributed by atoms with Crippen LogP contribution in [0.3, 0.4) is 0 Å². The van der Waals surface area contributed by atoms with E-state index in [-0.39, 0.29) is 23.6 Å². The number of Topliss-reactive ketones (excluding diaryl/α,β-unsaturated/α-hetero) is 1. The average Bonchev–Trinajstić information content (AvgIpc) is 3.09. The maximum Gasteiger partial charge on any atom is 0.296 e. The number of aliphatic hydroxyl groups excluding tert-OH is 1. The number of carbonyl (C=O) groups is 2. The van der Waals surface area contributed by atoms with Crippen LogP contribution in [0, 0.1) is 0 Å². The summed E-state index contributed by atoms with van der Waals surface area (Å²) in [5, 5.41) is 21.0. The molecule has 33 heavy (non-hydrogen) atoms. The Morgan fingerprint density at radius 2 is 1.73 bits per heavy atom. The van der Waals surface area contributed by atoms with Crippen molar-refractivity contribution in [1.29, 1.82) is 0 Å². The van der Waals surface area contributed by atoms with Gasteiger partial charge in [-0.15, -0.1) is 0 Å². The molecule has 1 aromatic heterocycles.